The van der Waals surface area contributed by atoms with Crippen molar-refractivity contribution < 1.29 is 9.26 Å². The van der Waals surface area contributed by atoms with E-state index in [9.17, 15) is 0 Å². The highest BCUT2D eigenvalue weighted by Gasteiger charge is 2.12. The average molecular weight is 191 g/mol. The predicted octanol–water partition coefficient (Wildman–Crippen LogP) is 2.71. The summed E-state index contributed by atoms with van der Waals surface area (Å²) in [5.74, 6) is 0.871. The summed E-state index contributed by atoms with van der Waals surface area (Å²) in [6, 6.07) is 3.95. The molecule has 0 aliphatic carbocycles. The Labute approximate surface area is 82.7 Å². The van der Waals surface area contributed by atoms with Gasteiger partial charge in [0, 0.05) is 10.9 Å². The van der Waals surface area contributed by atoms with Gasteiger partial charge in [-0.15, -0.1) is 0 Å². The van der Waals surface area contributed by atoms with Crippen LogP contribution in [0.5, 0.6) is 5.75 Å². The van der Waals surface area contributed by atoms with Crippen LogP contribution in [0.3, 0.4) is 0 Å². The molecule has 0 unspecified atom stereocenters. The number of methoxy groups -OCH3 is 1. The Morgan fingerprint density at radius 2 is 2.21 bits per heavy atom. The molecule has 0 saturated heterocycles. The lowest BCUT2D eigenvalue weighted by Crippen LogP contribution is -1.90. The Balaban J connectivity index is 2.77. The van der Waals surface area contributed by atoms with E-state index in [1.54, 1.807) is 7.11 Å². The molecule has 0 amide bonds. The first-order valence-corrected chi connectivity index (χ1v) is 4.69. The molecule has 3 nitrogen and oxygen atoms in total. The molecule has 0 spiro atoms. The lowest BCUT2D eigenvalue weighted by atomic mass is 10.1. The lowest BCUT2D eigenvalue weighted by Gasteiger charge is -2.05. The highest BCUT2D eigenvalue weighted by molar-refractivity contribution is 5.84. The fourth-order valence-corrected chi connectivity index (χ4v) is 1.69. The van der Waals surface area contributed by atoms with E-state index in [4.69, 9.17) is 9.26 Å². The molecule has 0 N–H and O–H groups in total. The van der Waals surface area contributed by atoms with E-state index < -0.39 is 0 Å². The molecule has 2 aromatic rings. The van der Waals surface area contributed by atoms with E-state index in [-0.39, 0.29) is 0 Å². The zero-order valence-corrected chi connectivity index (χ0v) is 8.63. The van der Waals surface area contributed by atoms with Crippen LogP contribution >= 0.6 is 0 Å². The molecule has 0 atom stereocenters. The number of hydrogen-bond donors (Lipinski definition) is 0. The van der Waals surface area contributed by atoms with Gasteiger partial charge in [0.1, 0.15) is 5.75 Å². The van der Waals surface area contributed by atoms with Crippen molar-refractivity contribution in [1.82, 2.24) is 5.16 Å². The summed E-state index contributed by atoms with van der Waals surface area (Å²) in [5, 5.41) is 5.02. The van der Waals surface area contributed by atoms with Gasteiger partial charge in [0.05, 0.1) is 12.8 Å². The number of nitrogens with zero attached hydrogens (tertiary/aromatic N) is 1. The molecule has 74 valence electrons. The molecule has 0 aliphatic rings. The van der Waals surface area contributed by atoms with E-state index in [1.165, 1.54) is 0 Å². The van der Waals surface area contributed by atoms with Crippen LogP contribution in [0.4, 0.5) is 0 Å². The predicted molar refractivity (Wildman–Crippen MR) is 54.7 cm³/mol. The minimum atomic E-state index is 0.851. The third kappa shape index (κ3) is 1.16. The maximum Gasteiger partial charge on any atom is 0.173 e. The van der Waals surface area contributed by atoms with E-state index in [2.05, 4.69) is 12.1 Å². The van der Waals surface area contributed by atoms with Crippen molar-refractivity contribution in [1.29, 1.82) is 0 Å². The SMILES string of the molecule is CCc1c(OC)ccc2c(C)noc12. The minimum Gasteiger partial charge on any atom is -0.496 e. The van der Waals surface area contributed by atoms with Gasteiger partial charge < -0.3 is 9.26 Å². The largest absolute Gasteiger partial charge is 0.496 e. The van der Waals surface area contributed by atoms with Crippen LogP contribution in [-0.4, -0.2) is 12.3 Å². The number of rotatable bonds is 2. The van der Waals surface area contributed by atoms with Gasteiger partial charge in [-0.1, -0.05) is 12.1 Å². The van der Waals surface area contributed by atoms with Crippen molar-refractivity contribution in [3.63, 3.8) is 0 Å². The van der Waals surface area contributed by atoms with Crippen LogP contribution in [0.15, 0.2) is 16.7 Å². The van der Waals surface area contributed by atoms with Crippen molar-refractivity contribution in [3.05, 3.63) is 23.4 Å². The van der Waals surface area contributed by atoms with E-state index in [0.717, 1.165) is 34.4 Å². The van der Waals surface area contributed by atoms with Crippen molar-refractivity contribution in [2.75, 3.05) is 7.11 Å². The molecular formula is C11H13NO2. The molecule has 2 rings (SSSR count). The molecule has 1 aromatic carbocycles. The summed E-state index contributed by atoms with van der Waals surface area (Å²) in [6.45, 7) is 4.02. The van der Waals surface area contributed by atoms with E-state index in [1.807, 2.05) is 19.1 Å². The minimum absolute atomic E-state index is 0.851. The smallest absolute Gasteiger partial charge is 0.173 e. The van der Waals surface area contributed by atoms with Crippen LogP contribution in [-0.2, 0) is 6.42 Å². The van der Waals surface area contributed by atoms with E-state index >= 15 is 0 Å². The molecular weight excluding hydrogens is 178 g/mol. The Morgan fingerprint density at radius 1 is 1.43 bits per heavy atom. The zero-order chi connectivity index (χ0) is 10.1. The van der Waals surface area contributed by atoms with Crippen LogP contribution in [0.2, 0.25) is 0 Å². The molecule has 0 aliphatic heterocycles. The first-order valence-electron chi connectivity index (χ1n) is 4.69. The maximum absolute atomic E-state index is 5.28. The quantitative estimate of drug-likeness (QED) is 0.732. The Hall–Kier alpha value is -1.51. The normalized spacial score (nSPS) is 10.8. The number of aryl methyl sites for hydroxylation is 2. The molecule has 0 fully saturated rings. The van der Waals surface area contributed by atoms with Gasteiger partial charge in [-0.25, -0.2) is 0 Å². The summed E-state index contributed by atoms with van der Waals surface area (Å²) < 4.78 is 10.5. The van der Waals surface area contributed by atoms with Gasteiger partial charge in [-0.3, -0.25) is 0 Å². The molecule has 14 heavy (non-hydrogen) atoms. The second kappa shape index (κ2) is 3.33. The molecule has 0 bridgehead atoms. The highest BCUT2D eigenvalue weighted by atomic mass is 16.5. The number of benzene rings is 1. The van der Waals surface area contributed by atoms with Crippen LogP contribution in [0.1, 0.15) is 18.2 Å². The number of hydrogen-bond acceptors (Lipinski definition) is 3. The Bertz CT molecular complexity index is 460. The fraction of sp³-hybridized carbons (Fsp3) is 0.364. The Morgan fingerprint density at radius 3 is 2.86 bits per heavy atom. The lowest BCUT2D eigenvalue weighted by molar-refractivity contribution is 0.405. The van der Waals surface area contributed by atoms with Gasteiger partial charge in [0.25, 0.3) is 0 Å². The Kier molecular flexibility index (Phi) is 2.15. The molecule has 0 radical (unpaired) electrons. The fourth-order valence-electron chi connectivity index (χ4n) is 1.69. The third-order valence-electron chi connectivity index (χ3n) is 2.45. The van der Waals surface area contributed by atoms with Crippen molar-refractivity contribution in [2.45, 2.75) is 20.3 Å². The standard InChI is InChI=1S/C11H13NO2/c1-4-8-10(13-3)6-5-9-7(2)12-14-11(8)9/h5-6H,4H2,1-3H3. The monoisotopic (exact) mass is 191 g/mol. The summed E-state index contributed by atoms with van der Waals surface area (Å²) in [6.07, 6.45) is 0.884. The van der Waals surface area contributed by atoms with Crippen LogP contribution in [0, 0.1) is 6.92 Å². The van der Waals surface area contributed by atoms with Crippen LogP contribution < -0.4 is 4.74 Å². The number of aromatic nitrogens is 1. The summed E-state index contributed by atoms with van der Waals surface area (Å²) >= 11 is 0. The summed E-state index contributed by atoms with van der Waals surface area (Å²) in [4.78, 5) is 0. The molecule has 1 heterocycles. The van der Waals surface area contributed by atoms with Gasteiger partial charge in [-0.05, 0) is 25.5 Å². The third-order valence-corrected chi connectivity index (χ3v) is 2.45. The average Bonchev–Trinajstić information content (AvgIpc) is 2.59. The number of fused-ring (bicyclic) bond motifs is 1. The number of ether oxygens (including phenoxy) is 1. The highest BCUT2D eigenvalue weighted by Crippen LogP contribution is 2.29. The second-order valence-electron chi connectivity index (χ2n) is 3.24. The second-order valence-corrected chi connectivity index (χ2v) is 3.24. The maximum atomic E-state index is 5.28. The van der Waals surface area contributed by atoms with Gasteiger partial charge in [-0.2, -0.15) is 0 Å². The zero-order valence-electron chi connectivity index (χ0n) is 8.63. The van der Waals surface area contributed by atoms with Gasteiger partial charge in [0.15, 0.2) is 5.58 Å². The molecule has 1 aromatic heterocycles. The van der Waals surface area contributed by atoms with Crippen molar-refractivity contribution in [3.8, 4) is 5.75 Å². The van der Waals surface area contributed by atoms with Crippen LogP contribution in [0.25, 0.3) is 11.0 Å². The van der Waals surface area contributed by atoms with Crippen molar-refractivity contribution >= 4 is 11.0 Å². The first kappa shape index (κ1) is 9.06. The molecule has 3 heteroatoms. The summed E-state index contributed by atoms with van der Waals surface area (Å²) in [5.41, 5.74) is 2.87. The summed E-state index contributed by atoms with van der Waals surface area (Å²) in [7, 11) is 1.67. The first-order chi connectivity index (χ1) is 6.77. The molecule has 0 saturated carbocycles. The van der Waals surface area contributed by atoms with Gasteiger partial charge >= 0.3 is 0 Å². The van der Waals surface area contributed by atoms with Gasteiger partial charge in [0.2, 0.25) is 0 Å². The van der Waals surface area contributed by atoms with E-state index in [0.29, 0.717) is 0 Å². The topological polar surface area (TPSA) is 35.3 Å². The van der Waals surface area contributed by atoms with Crippen molar-refractivity contribution in [2.24, 2.45) is 0 Å².